The van der Waals surface area contributed by atoms with Crippen LogP contribution in [0, 0.1) is 0 Å². The number of quaternary nitrogens is 1. The molecule has 0 aliphatic carbocycles. The minimum atomic E-state index is -4.32. The Labute approximate surface area is 152 Å². The van der Waals surface area contributed by atoms with Crippen LogP contribution in [0.15, 0.2) is 29.2 Å². The van der Waals surface area contributed by atoms with Crippen molar-refractivity contribution in [2.45, 2.75) is 63.0 Å². The van der Waals surface area contributed by atoms with Gasteiger partial charge in [0, 0.05) is 6.42 Å². The van der Waals surface area contributed by atoms with E-state index in [1.807, 2.05) is 21.1 Å². The summed E-state index contributed by atoms with van der Waals surface area (Å²) in [4.78, 5) is -0.203. The first kappa shape index (κ1) is 21.9. The van der Waals surface area contributed by atoms with Crippen LogP contribution >= 0.6 is 0 Å². The summed E-state index contributed by atoms with van der Waals surface area (Å²) in [6, 6.07) is 6.16. The smallest absolute Gasteiger partial charge is 0.298 e. The molecule has 25 heavy (non-hydrogen) atoms. The fourth-order valence-electron chi connectivity index (χ4n) is 2.61. The van der Waals surface area contributed by atoms with Crippen molar-refractivity contribution in [3.8, 4) is 5.75 Å². The third-order valence-electron chi connectivity index (χ3n) is 3.75. The Hall–Kier alpha value is -1.15. The third kappa shape index (κ3) is 9.21. The van der Waals surface area contributed by atoms with Gasteiger partial charge in [-0.1, -0.05) is 51.2 Å². The molecule has 144 valence electrons. The van der Waals surface area contributed by atoms with E-state index in [-0.39, 0.29) is 16.9 Å². The van der Waals surface area contributed by atoms with Gasteiger partial charge in [0.15, 0.2) is 6.23 Å². The minimum Gasteiger partial charge on any atom is -0.469 e. The third-order valence-corrected chi connectivity index (χ3v) is 4.64. The Balaban J connectivity index is 2.74. The minimum absolute atomic E-state index is 0.168. The van der Waals surface area contributed by atoms with E-state index >= 15 is 0 Å². The summed E-state index contributed by atoms with van der Waals surface area (Å²) >= 11 is 0. The van der Waals surface area contributed by atoms with Crippen molar-refractivity contribution in [3.63, 3.8) is 0 Å². The number of benzene rings is 1. The van der Waals surface area contributed by atoms with Crippen LogP contribution < -0.4 is 10.2 Å². The van der Waals surface area contributed by atoms with E-state index in [0.717, 1.165) is 19.3 Å². The maximum absolute atomic E-state index is 11.5. The number of para-hydroxylation sites is 1. The van der Waals surface area contributed by atoms with E-state index in [1.54, 1.807) is 18.2 Å². The van der Waals surface area contributed by atoms with E-state index in [0.29, 0.717) is 4.59 Å². The molecule has 1 aromatic rings. The predicted molar refractivity (Wildman–Crippen MR) is 99.8 cm³/mol. The fourth-order valence-corrected chi connectivity index (χ4v) is 3.23. The van der Waals surface area contributed by atoms with E-state index in [4.69, 9.17) is 4.74 Å². The fraction of sp³-hybridized carbons (Fsp3) is 0.667. The van der Waals surface area contributed by atoms with Gasteiger partial charge in [0.25, 0.3) is 10.1 Å². The van der Waals surface area contributed by atoms with E-state index in [2.05, 4.69) is 12.3 Å². The molecule has 7 heteroatoms. The first-order valence-corrected chi connectivity index (χ1v) is 10.4. The molecule has 2 N–H and O–H groups in total. The summed E-state index contributed by atoms with van der Waals surface area (Å²) in [6.07, 6.45) is 7.48. The molecule has 1 atom stereocenters. The van der Waals surface area contributed by atoms with Crippen molar-refractivity contribution in [2.75, 3.05) is 21.1 Å². The first-order chi connectivity index (χ1) is 11.6. The first-order valence-electron chi connectivity index (χ1n) is 8.96. The number of unbranched alkanes of at least 4 members (excludes halogenated alkanes) is 5. The summed E-state index contributed by atoms with van der Waals surface area (Å²) < 4.78 is 38.8. The Morgan fingerprint density at radius 3 is 2.28 bits per heavy atom. The second-order valence-electron chi connectivity index (χ2n) is 7.23. The molecule has 0 aliphatic rings. The summed E-state index contributed by atoms with van der Waals surface area (Å²) in [7, 11) is 1.62. The largest absolute Gasteiger partial charge is 0.469 e. The number of nitrogens with one attached hydrogen (secondary N) is 1. The molecule has 0 aromatic heterocycles. The van der Waals surface area contributed by atoms with Gasteiger partial charge >= 0.3 is 0 Å². The normalized spacial score (nSPS) is 13.6. The van der Waals surface area contributed by atoms with Gasteiger partial charge in [-0.15, -0.1) is 5.43 Å². The van der Waals surface area contributed by atoms with Gasteiger partial charge in [0.2, 0.25) is 0 Å². The maximum atomic E-state index is 11.5. The topological polar surface area (TPSA) is 75.6 Å². The number of hydrogen-bond donors (Lipinski definition) is 2. The highest BCUT2D eigenvalue weighted by Gasteiger charge is 2.22. The molecule has 1 aromatic carbocycles. The van der Waals surface area contributed by atoms with Crippen molar-refractivity contribution < 1.29 is 22.3 Å². The number of hydrogen-bond acceptors (Lipinski definition) is 4. The lowest BCUT2D eigenvalue weighted by Gasteiger charge is -2.30. The van der Waals surface area contributed by atoms with Crippen LogP contribution in [0.1, 0.15) is 51.9 Å². The number of rotatable bonds is 12. The van der Waals surface area contributed by atoms with E-state index < -0.39 is 10.1 Å². The highest BCUT2D eigenvalue weighted by molar-refractivity contribution is 7.86. The predicted octanol–water partition coefficient (Wildman–Crippen LogP) is 3.60. The Kier molecular flexibility index (Phi) is 8.85. The molecule has 0 fully saturated rings. The zero-order chi connectivity index (χ0) is 18.9. The van der Waals surface area contributed by atoms with Gasteiger partial charge in [-0.2, -0.15) is 8.42 Å². The highest BCUT2D eigenvalue weighted by atomic mass is 32.2. The van der Waals surface area contributed by atoms with Gasteiger partial charge in [-0.05, 0) is 18.6 Å². The van der Waals surface area contributed by atoms with Crippen molar-refractivity contribution in [3.05, 3.63) is 24.3 Å². The highest BCUT2D eigenvalue weighted by Crippen LogP contribution is 2.25. The lowest BCUT2D eigenvalue weighted by atomic mass is 10.1. The van der Waals surface area contributed by atoms with Crippen LogP contribution in [0.2, 0.25) is 0 Å². The van der Waals surface area contributed by atoms with Gasteiger partial charge in [0.05, 0.1) is 21.1 Å². The molecule has 1 rings (SSSR count). The van der Waals surface area contributed by atoms with Crippen molar-refractivity contribution in [2.24, 2.45) is 0 Å². The average Bonchev–Trinajstić information content (AvgIpc) is 2.48. The lowest BCUT2D eigenvalue weighted by Crippen LogP contribution is -2.55. The van der Waals surface area contributed by atoms with Gasteiger partial charge in [-0.3, -0.25) is 4.55 Å². The van der Waals surface area contributed by atoms with Gasteiger partial charge in [-0.25, -0.2) is 4.59 Å². The molecule has 0 heterocycles. The Morgan fingerprint density at radius 2 is 1.68 bits per heavy atom. The van der Waals surface area contributed by atoms with Crippen LogP contribution in [0.5, 0.6) is 5.75 Å². The van der Waals surface area contributed by atoms with Crippen molar-refractivity contribution in [1.82, 2.24) is 5.43 Å². The van der Waals surface area contributed by atoms with E-state index in [1.165, 1.54) is 31.7 Å². The van der Waals surface area contributed by atoms with Crippen molar-refractivity contribution in [1.29, 1.82) is 0 Å². The second-order valence-corrected chi connectivity index (χ2v) is 8.62. The molecule has 0 radical (unpaired) electrons. The van der Waals surface area contributed by atoms with E-state index in [9.17, 15) is 13.0 Å². The Bertz CT molecular complexity index is 612. The van der Waals surface area contributed by atoms with Crippen LogP contribution in [-0.4, -0.2) is 44.9 Å². The SMILES string of the molecule is CCCCCCCCC(N[N+](C)(C)C)Oc1ccccc1S(=O)(=O)O. The summed E-state index contributed by atoms with van der Waals surface area (Å²) in [5.74, 6) is 0.168. The van der Waals surface area contributed by atoms with Crippen LogP contribution in [0.4, 0.5) is 0 Å². The quantitative estimate of drug-likeness (QED) is 0.192. The van der Waals surface area contributed by atoms with Crippen LogP contribution in [-0.2, 0) is 10.1 Å². The molecular weight excluding hydrogens is 340 g/mol. The monoisotopic (exact) mass is 373 g/mol. The Morgan fingerprint density at radius 1 is 1.08 bits per heavy atom. The molecule has 0 saturated carbocycles. The van der Waals surface area contributed by atoms with Gasteiger partial charge < -0.3 is 4.74 Å². The molecule has 1 unspecified atom stereocenters. The maximum Gasteiger partial charge on any atom is 0.298 e. The standard InChI is InChI=1S/C18H32N2O4S/c1-5-6-7-8-9-10-15-18(19-20(2,3)4)24-16-13-11-12-14-17(16)25(21,22)23/h11-14,18-19H,5-10,15H2,1-4H3/p+1. The molecule has 0 amide bonds. The molecule has 0 saturated heterocycles. The summed E-state index contributed by atoms with van der Waals surface area (Å²) in [5, 5.41) is 0. The zero-order valence-electron chi connectivity index (χ0n) is 15.9. The number of ether oxygens (including phenoxy) is 1. The zero-order valence-corrected chi connectivity index (χ0v) is 16.7. The van der Waals surface area contributed by atoms with Gasteiger partial charge in [0.1, 0.15) is 10.6 Å². The second kappa shape index (κ2) is 10.1. The molecule has 0 spiro atoms. The average molecular weight is 374 g/mol. The lowest BCUT2D eigenvalue weighted by molar-refractivity contribution is -0.921. The summed E-state index contributed by atoms with van der Waals surface area (Å²) in [5.41, 5.74) is 3.32. The van der Waals surface area contributed by atoms with Crippen molar-refractivity contribution >= 4 is 10.1 Å². The molecule has 0 bridgehead atoms. The molecule has 0 aliphatic heterocycles. The summed E-state index contributed by atoms with van der Waals surface area (Å²) in [6.45, 7) is 2.20. The molecule has 6 nitrogen and oxygen atoms in total. The van der Waals surface area contributed by atoms with Crippen LogP contribution in [0.25, 0.3) is 0 Å². The molecular formula is C18H33N2O4S+. The van der Waals surface area contributed by atoms with Crippen LogP contribution in [0.3, 0.4) is 0 Å². The number of nitrogens with zero attached hydrogens (tertiary/aromatic N) is 1.